The molecule has 92 valence electrons. The number of aromatic nitrogens is 1. The van der Waals surface area contributed by atoms with Crippen LogP contribution in [-0.4, -0.2) is 42.0 Å². The van der Waals surface area contributed by atoms with Crippen molar-refractivity contribution in [1.29, 1.82) is 0 Å². The van der Waals surface area contributed by atoms with Crippen LogP contribution in [0.2, 0.25) is 5.15 Å². The number of amides is 1. The number of likely N-dealkylation sites (N-methyl/N-ethyl adjacent to an activating group) is 1. The lowest BCUT2D eigenvalue weighted by atomic mass is 10.2. The Bertz CT molecular complexity index is 416. The van der Waals surface area contributed by atoms with E-state index in [0.717, 1.165) is 25.2 Å². The van der Waals surface area contributed by atoms with Gasteiger partial charge < -0.3 is 10.2 Å². The lowest BCUT2D eigenvalue weighted by molar-refractivity contribution is 0.0938. The molecule has 1 aliphatic heterocycles. The van der Waals surface area contributed by atoms with E-state index in [1.54, 1.807) is 12.1 Å². The van der Waals surface area contributed by atoms with Crippen LogP contribution >= 0.6 is 11.6 Å². The number of hydrogen-bond donors (Lipinski definition) is 1. The van der Waals surface area contributed by atoms with Crippen LogP contribution in [0.3, 0.4) is 0 Å². The topological polar surface area (TPSA) is 45.2 Å². The molecule has 0 spiro atoms. The zero-order chi connectivity index (χ0) is 12.4. The molecule has 0 radical (unpaired) electrons. The third-order valence-electron chi connectivity index (χ3n) is 2.91. The second-order valence-corrected chi connectivity index (χ2v) is 4.93. The van der Waals surface area contributed by atoms with E-state index in [1.807, 2.05) is 6.92 Å². The Morgan fingerprint density at radius 1 is 1.59 bits per heavy atom. The molecule has 1 amide bonds. The van der Waals surface area contributed by atoms with Gasteiger partial charge in [0.2, 0.25) is 0 Å². The van der Waals surface area contributed by atoms with E-state index in [0.29, 0.717) is 10.7 Å². The fourth-order valence-corrected chi connectivity index (χ4v) is 2.33. The molecule has 1 atom stereocenters. The van der Waals surface area contributed by atoms with Gasteiger partial charge in [-0.25, -0.2) is 4.98 Å². The van der Waals surface area contributed by atoms with Crippen molar-refractivity contribution in [2.45, 2.75) is 19.4 Å². The van der Waals surface area contributed by atoms with Crippen LogP contribution in [0.25, 0.3) is 0 Å². The summed E-state index contributed by atoms with van der Waals surface area (Å²) in [7, 11) is 2.06. The summed E-state index contributed by atoms with van der Waals surface area (Å²) in [4.78, 5) is 18.2. The summed E-state index contributed by atoms with van der Waals surface area (Å²) in [5.41, 5.74) is 1.34. The monoisotopic (exact) mass is 253 g/mol. The summed E-state index contributed by atoms with van der Waals surface area (Å²) in [5, 5.41) is 3.37. The first-order chi connectivity index (χ1) is 8.04. The van der Waals surface area contributed by atoms with Gasteiger partial charge in [0.05, 0.1) is 0 Å². The number of pyridine rings is 1. The second kappa shape index (κ2) is 5.02. The summed E-state index contributed by atoms with van der Waals surface area (Å²) >= 11 is 5.83. The van der Waals surface area contributed by atoms with E-state index in [9.17, 15) is 4.79 Å². The van der Waals surface area contributed by atoms with Gasteiger partial charge in [-0.3, -0.25) is 4.79 Å². The number of carbonyl (C=O) groups excluding carboxylic acids is 1. The molecule has 1 N–H and O–H groups in total. The van der Waals surface area contributed by atoms with Gasteiger partial charge in [0.15, 0.2) is 0 Å². The van der Waals surface area contributed by atoms with E-state index in [-0.39, 0.29) is 11.9 Å². The molecule has 0 saturated carbocycles. The Hall–Kier alpha value is -1.13. The van der Waals surface area contributed by atoms with E-state index in [2.05, 4.69) is 22.2 Å². The molecule has 4 nitrogen and oxygen atoms in total. The molecule has 1 aromatic rings. The van der Waals surface area contributed by atoms with Crippen molar-refractivity contribution < 1.29 is 4.79 Å². The minimum absolute atomic E-state index is 0.0716. The molecule has 1 aromatic heterocycles. The summed E-state index contributed by atoms with van der Waals surface area (Å²) in [5.74, 6) is -0.0716. The zero-order valence-corrected chi connectivity index (χ0v) is 10.8. The number of aryl methyl sites for hydroxylation is 1. The van der Waals surface area contributed by atoms with Crippen molar-refractivity contribution in [1.82, 2.24) is 15.2 Å². The van der Waals surface area contributed by atoms with Crippen molar-refractivity contribution >= 4 is 17.5 Å². The number of carbonyl (C=O) groups is 1. The molecule has 0 bridgehead atoms. The smallest absolute Gasteiger partial charge is 0.251 e. The third-order valence-corrected chi connectivity index (χ3v) is 3.10. The zero-order valence-electron chi connectivity index (χ0n) is 10.0. The van der Waals surface area contributed by atoms with Crippen LogP contribution < -0.4 is 5.32 Å². The van der Waals surface area contributed by atoms with Gasteiger partial charge in [-0.15, -0.1) is 0 Å². The number of nitrogens with zero attached hydrogens (tertiary/aromatic N) is 2. The minimum Gasteiger partial charge on any atom is -0.348 e. The summed E-state index contributed by atoms with van der Waals surface area (Å²) in [6.07, 6.45) is 1.00. The normalized spacial score (nSPS) is 20.5. The quantitative estimate of drug-likeness (QED) is 0.812. The Morgan fingerprint density at radius 2 is 2.35 bits per heavy atom. The Morgan fingerprint density at radius 3 is 2.94 bits per heavy atom. The Kier molecular flexibility index (Phi) is 3.64. The molecule has 5 heteroatoms. The highest BCUT2D eigenvalue weighted by atomic mass is 35.5. The Labute approximate surface area is 106 Å². The highest BCUT2D eigenvalue weighted by molar-refractivity contribution is 6.29. The predicted octanol–water partition coefficient (Wildman–Crippen LogP) is 1.48. The number of likely N-dealkylation sites (tertiary alicyclic amines) is 1. The highest BCUT2D eigenvalue weighted by Crippen LogP contribution is 2.12. The summed E-state index contributed by atoms with van der Waals surface area (Å²) < 4.78 is 0. The van der Waals surface area contributed by atoms with Gasteiger partial charge in [0, 0.05) is 23.8 Å². The second-order valence-electron chi connectivity index (χ2n) is 4.54. The fourth-order valence-electron chi connectivity index (χ4n) is 2.08. The molecule has 17 heavy (non-hydrogen) atoms. The lowest BCUT2D eigenvalue weighted by Gasteiger charge is -2.13. The van der Waals surface area contributed by atoms with Gasteiger partial charge in [0.25, 0.3) is 5.91 Å². The standard InChI is InChI=1S/C12H16ClN3O/c1-8-5-9(6-11(13)14-8)12(17)15-10-3-4-16(2)7-10/h5-6,10H,3-4,7H2,1-2H3,(H,15,17). The lowest BCUT2D eigenvalue weighted by Crippen LogP contribution is -2.36. The van der Waals surface area contributed by atoms with E-state index in [1.165, 1.54) is 0 Å². The SMILES string of the molecule is Cc1cc(C(=O)NC2CCN(C)C2)cc(Cl)n1. The maximum atomic E-state index is 12.0. The van der Waals surface area contributed by atoms with Crippen LogP contribution in [0.4, 0.5) is 0 Å². The van der Waals surface area contributed by atoms with Crippen LogP contribution in [-0.2, 0) is 0 Å². The van der Waals surface area contributed by atoms with E-state index >= 15 is 0 Å². The maximum absolute atomic E-state index is 12.0. The van der Waals surface area contributed by atoms with Crippen LogP contribution in [0.1, 0.15) is 22.5 Å². The summed E-state index contributed by atoms with van der Waals surface area (Å²) in [6, 6.07) is 3.59. The van der Waals surface area contributed by atoms with E-state index < -0.39 is 0 Å². The molecule has 1 saturated heterocycles. The van der Waals surface area contributed by atoms with Gasteiger partial charge in [0.1, 0.15) is 5.15 Å². The highest BCUT2D eigenvalue weighted by Gasteiger charge is 2.21. The van der Waals surface area contributed by atoms with Crippen molar-refractivity contribution in [2.24, 2.45) is 0 Å². The molecular formula is C12H16ClN3O. The fraction of sp³-hybridized carbons (Fsp3) is 0.500. The van der Waals surface area contributed by atoms with Crippen LogP contribution in [0, 0.1) is 6.92 Å². The number of halogens is 1. The van der Waals surface area contributed by atoms with Crippen molar-refractivity contribution in [3.05, 3.63) is 28.5 Å². The maximum Gasteiger partial charge on any atom is 0.251 e. The largest absolute Gasteiger partial charge is 0.348 e. The average Bonchev–Trinajstić information content (AvgIpc) is 2.62. The minimum atomic E-state index is -0.0716. The number of hydrogen-bond acceptors (Lipinski definition) is 3. The van der Waals surface area contributed by atoms with Crippen molar-refractivity contribution in [3.8, 4) is 0 Å². The molecule has 2 rings (SSSR count). The first-order valence-electron chi connectivity index (χ1n) is 5.68. The third kappa shape index (κ3) is 3.17. The molecule has 1 unspecified atom stereocenters. The average molecular weight is 254 g/mol. The molecule has 1 aliphatic rings. The van der Waals surface area contributed by atoms with Gasteiger partial charge in [-0.2, -0.15) is 0 Å². The first-order valence-corrected chi connectivity index (χ1v) is 6.06. The molecular weight excluding hydrogens is 238 g/mol. The summed E-state index contributed by atoms with van der Waals surface area (Å²) in [6.45, 7) is 3.76. The molecule has 0 aromatic carbocycles. The molecule has 1 fully saturated rings. The number of nitrogens with one attached hydrogen (secondary N) is 1. The van der Waals surface area contributed by atoms with Crippen molar-refractivity contribution in [3.63, 3.8) is 0 Å². The van der Waals surface area contributed by atoms with Crippen molar-refractivity contribution in [2.75, 3.05) is 20.1 Å². The van der Waals surface area contributed by atoms with Gasteiger partial charge in [-0.05, 0) is 39.1 Å². The molecule has 2 heterocycles. The predicted molar refractivity (Wildman–Crippen MR) is 67.4 cm³/mol. The number of rotatable bonds is 2. The van der Waals surface area contributed by atoms with Gasteiger partial charge in [-0.1, -0.05) is 11.6 Å². The van der Waals surface area contributed by atoms with Crippen LogP contribution in [0.5, 0.6) is 0 Å². The first kappa shape index (κ1) is 12.3. The van der Waals surface area contributed by atoms with Crippen LogP contribution in [0.15, 0.2) is 12.1 Å². The Balaban J connectivity index is 2.04. The van der Waals surface area contributed by atoms with Gasteiger partial charge >= 0.3 is 0 Å². The molecule has 0 aliphatic carbocycles. The van der Waals surface area contributed by atoms with E-state index in [4.69, 9.17) is 11.6 Å².